The van der Waals surface area contributed by atoms with Gasteiger partial charge >= 0.3 is 0 Å². The molecular formula is C10H16N2O. The summed E-state index contributed by atoms with van der Waals surface area (Å²) in [7, 11) is 0. The number of hydrogen-bond acceptors (Lipinski definition) is 2. The lowest BCUT2D eigenvalue weighted by Crippen LogP contribution is -2.14. The van der Waals surface area contributed by atoms with E-state index in [1.54, 1.807) is 0 Å². The first kappa shape index (κ1) is 9.96. The van der Waals surface area contributed by atoms with Gasteiger partial charge in [-0.3, -0.25) is 4.79 Å². The lowest BCUT2D eigenvalue weighted by atomic mass is 10.0. The van der Waals surface area contributed by atoms with Crippen molar-refractivity contribution < 1.29 is 0 Å². The molecule has 0 aliphatic rings. The largest absolute Gasteiger partial charge is 0.310 e. The maximum atomic E-state index is 11.2. The van der Waals surface area contributed by atoms with Crippen LogP contribution in [0, 0.1) is 6.92 Å². The van der Waals surface area contributed by atoms with Crippen LogP contribution in [-0.2, 0) is 0 Å². The Labute approximate surface area is 78.2 Å². The van der Waals surface area contributed by atoms with Crippen molar-refractivity contribution in [3.05, 3.63) is 27.9 Å². The zero-order chi connectivity index (χ0) is 9.84. The average molecular weight is 180 g/mol. The Hall–Kier alpha value is -1.12. The summed E-state index contributed by atoms with van der Waals surface area (Å²) in [6, 6.07) is 1.52. The number of nitrogens with zero attached hydrogens (tertiary/aromatic N) is 1. The highest BCUT2D eigenvalue weighted by atomic mass is 16.1. The SMILES string of the molecule is CCC(CC)c1nc(C)cc(=O)[nH]1. The quantitative estimate of drug-likeness (QED) is 0.773. The van der Waals surface area contributed by atoms with Gasteiger partial charge in [0, 0.05) is 17.7 Å². The van der Waals surface area contributed by atoms with E-state index >= 15 is 0 Å². The molecule has 72 valence electrons. The standard InChI is InChI=1S/C10H16N2O/c1-4-8(5-2)10-11-7(3)6-9(13)12-10/h6,8H,4-5H2,1-3H3,(H,11,12,13). The van der Waals surface area contributed by atoms with E-state index in [4.69, 9.17) is 0 Å². The second-order valence-corrected chi connectivity index (χ2v) is 3.29. The molecule has 0 fully saturated rings. The van der Waals surface area contributed by atoms with E-state index in [1.807, 2.05) is 6.92 Å². The molecule has 0 atom stereocenters. The summed E-state index contributed by atoms with van der Waals surface area (Å²) in [5, 5.41) is 0. The van der Waals surface area contributed by atoms with Gasteiger partial charge in [-0.2, -0.15) is 0 Å². The van der Waals surface area contributed by atoms with Crippen molar-refractivity contribution in [2.45, 2.75) is 39.5 Å². The molecule has 13 heavy (non-hydrogen) atoms. The Morgan fingerprint density at radius 1 is 1.46 bits per heavy atom. The van der Waals surface area contributed by atoms with Crippen molar-refractivity contribution in [2.75, 3.05) is 0 Å². The Bertz CT molecular complexity index is 326. The molecule has 3 nitrogen and oxygen atoms in total. The van der Waals surface area contributed by atoms with Gasteiger partial charge in [-0.1, -0.05) is 13.8 Å². The molecule has 0 saturated heterocycles. The lowest BCUT2D eigenvalue weighted by molar-refractivity contribution is 0.596. The highest BCUT2D eigenvalue weighted by Crippen LogP contribution is 2.17. The minimum atomic E-state index is -0.0469. The monoisotopic (exact) mass is 180 g/mol. The minimum absolute atomic E-state index is 0.0469. The smallest absolute Gasteiger partial charge is 0.251 e. The molecule has 0 unspecified atom stereocenters. The van der Waals surface area contributed by atoms with Crippen LogP contribution >= 0.6 is 0 Å². The Balaban J connectivity index is 3.06. The first-order valence-corrected chi connectivity index (χ1v) is 4.75. The van der Waals surface area contributed by atoms with Crippen LogP contribution < -0.4 is 5.56 Å². The van der Waals surface area contributed by atoms with E-state index in [0.717, 1.165) is 24.4 Å². The maximum absolute atomic E-state index is 11.2. The summed E-state index contributed by atoms with van der Waals surface area (Å²) < 4.78 is 0. The molecule has 1 rings (SSSR count). The van der Waals surface area contributed by atoms with E-state index in [2.05, 4.69) is 23.8 Å². The predicted molar refractivity (Wildman–Crippen MR) is 52.9 cm³/mol. The Morgan fingerprint density at radius 2 is 2.08 bits per heavy atom. The van der Waals surface area contributed by atoms with Crippen molar-refractivity contribution >= 4 is 0 Å². The summed E-state index contributed by atoms with van der Waals surface area (Å²) in [6.07, 6.45) is 2.03. The molecular weight excluding hydrogens is 164 g/mol. The van der Waals surface area contributed by atoms with Crippen molar-refractivity contribution in [3.8, 4) is 0 Å². The first-order chi connectivity index (χ1) is 6.17. The van der Waals surface area contributed by atoms with Crippen LogP contribution in [0.5, 0.6) is 0 Å². The predicted octanol–water partition coefficient (Wildman–Crippen LogP) is 1.98. The third kappa shape index (κ3) is 2.41. The van der Waals surface area contributed by atoms with Gasteiger partial charge in [0.15, 0.2) is 0 Å². The summed E-state index contributed by atoms with van der Waals surface area (Å²) in [5.41, 5.74) is 0.750. The van der Waals surface area contributed by atoms with Gasteiger partial charge in [0.2, 0.25) is 0 Å². The third-order valence-electron chi connectivity index (χ3n) is 2.26. The molecule has 1 heterocycles. The van der Waals surface area contributed by atoms with Crippen molar-refractivity contribution in [3.63, 3.8) is 0 Å². The molecule has 0 spiro atoms. The zero-order valence-electron chi connectivity index (χ0n) is 8.42. The topological polar surface area (TPSA) is 45.8 Å². The average Bonchev–Trinajstić information content (AvgIpc) is 2.04. The van der Waals surface area contributed by atoms with Crippen LogP contribution in [0.2, 0.25) is 0 Å². The van der Waals surface area contributed by atoms with Crippen LogP contribution in [0.4, 0.5) is 0 Å². The van der Waals surface area contributed by atoms with Gasteiger partial charge in [-0.15, -0.1) is 0 Å². The van der Waals surface area contributed by atoms with Gasteiger partial charge in [0.1, 0.15) is 5.82 Å². The Kier molecular flexibility index (Phi) is 3.23. The number of aryl methyl sites for hydroxylation is 1. The summed E-state index contributed by atoms with van der Waals surface area (Å²) in [6.45, 7) is 6.06. The fraction of sp³-hybridized carbons (Fsp3) is 0.600. The van der Waals surface area contributed by atoms with Gasteiger partial charge in [-0.25, -0.2) is 4.98 Å². The molecule has 3 heteroatoms. The maximum Gasteiger partial charge on any atom is 0.251 e. The molecule has 0 saturated carbocycles. The van der Waals surface area contributed by atoms with Crippen LogP contribution in [0.15, 0.2) is 10.9 Å². The normalized spacial score (nSPS) is 10.8. The van der Waals surface area contributed by atoms with E-state index in [-0.39, 0.29) is 5.56 Å². The highest BCUT2D eigenvalue weighted by molar-refractivity contribution is 5.03. The number of H-pyrrole nitrogens is 1. The van der Waals surface area contributed by atoms with Crippen LogP contribution in [-0.4, -0.2) is 9.97 Å². The summed E-state index contributed by atoms with van der Waals surface area (Å²) in [5.74, 6) is 1.21. The number of aromatic nitrogens is 2. The second-order valence-electron chi connectivity index (χ2n) is 3.29. The zero-order valence-corrected chi connectivity index (χ0v) is 8.42. The molecule has 0 aliphatic carbocycles. The molecule has 1 aromatic rings. The summed E-state index contributed by atoms with van der Waals surface area (Å²) >= 11 is 0. The van der Waals surface area contributed by atoms with Crippen LogP contribution in [0.3, 0.4) is 0 Å². The van der Waals surface area contributed by atoms with Crippen LogP contribution in [0.25, 0.3) is 0 Å². The van der Waals surface area contributed by atoms with Crippen molar-refractivity contribution in [1.82, 2.24) is 9.97 Å². The van der Waals surface area contributed by atoms with E-state index in [9.17, 15) is 4.79 Å². The molecule has 0 radical (unpaired) electrons. The molecule has 0 bridgehead atoms. The fourth-order valence-electron chi connectivity index (χ4n) is 1.47. The minimum Gasteiger partial charge on any atom is -0.310 e. The number of hydrogen-bond donors (Lipinski definition) is 1. The van der Waals surface area contributed by atoms with Crippen molar-refractivity contribution in [1.29, 1.82) is 0 Å². The first-order valence-electron chi connectivity index (χ1n) is 4.75. The van der Waals surface area contributed by atoms with E-state index in [1.165, 1.54) is 6.07 Å². The molecule has 0 aliphatic heterocycles. The van der Waals surface area contributed by atoms with Crippen molar-refractivity contribution in [2.24, 2.45) is 0 Å². The lowest BCUT2D eigenvalue weighted by Gasteiger charge is -2.10. The Morgan fingerprint density at radius 3 is 2.54 bits per heavy atom. The fourth-order valence-corrected chi connectivity index (χ4v) is 1.47. The van der Waals surface area contributed by atoms with E-state index in [0.29, 0.717) is 5.92 Å². The van der Waals surface area contributed by atoms with E-state index < -0.39 is 0 Å². The van der Waals surface area contributed by atoms with Crippen LogP contribution in [0.1, 0.15) is 44.1 Å². The summed E-state index contributed by atoms with van der Waals surface area (Å²) in [4.78, 5) is 18.3. The van der Waals surface area contributed by atoms with Gasteiger partial charge in [0.05, 0.1) is 0 Å². The molecule has 1 N–H and O–H groups in total. The number of rotatable bonds is 3. The molecule has 0 amide bonds. The van der Waals surface area contributed by atoms with Gasteiger partial charge in [-0.05, 0) is 19.8 Å². The third-order valence-corrected chi connectivity index (χ3v) is 2.26. The van der Waals surface area contributed by atoms with Gasteiger partial charge < -0.3 is 4.98 Å². The highest BCUT2D eigenvalue weighted by Gasteiger charge is 2.09. The number of aromatic amines is 1. The molecule has 1 aromatic heterocycles. The molecule has 0 aromatic carbocycles. The number of nitrogens with one attached hydrogen (secondary N) is 1. The van der Waals surface area contributed by atoms with Gasteiger partial charge in [0.25, 0.3) is 5.56 Å². The second kappa shape index (κ2) is 4.21.